The lowest BCUT2D eigenvalue weighted by molar-refractivity contribution is -0.143. The topological polar surface area (TPSA) is 41.6 Å². The number of methoxy groups -OCH3 is 1. The zero-order valence-corrected chi connectivity index (χ0v) is 10.5. The van der Waals surface area contributed by atoms with Gasteiger partial charge >= 0.3 is 5.97 Å². The van der Waals surface area contributed by atoms with E-state index >= 15 is 0 Å². The first-order chi connectivity index (χ1) is 7.02. The van der Waals surface area contributed by atoms with Crippen LogP contribution in [-0.4, -0.2) is 50.2 Å². The number of carbonyl (C=O) groups is 1. The normalized spacial score (nSPS) is 13.3. The summed E-state index contributed by atoms with van der Waals surface area (Å²) in [5.74, 6) is -0.184. The van der Waals surface area contributed by atoms with E-state index in [-0.39, 0.29) is 12.0 Å². The SMILES string of the molecule is CCCNC(CN(C)C(C)C)C(=O)OC. The molecule has 4 nitrogen and oxygen atoms in total. The van der Waals surface area contributed by atoms with Gasteiger partial charge in [-0.05, 0) is 33.9 Å². The molecular formula is C11H24N2O2. The van der Waals surface area contributed by atoms with Crippen LogP contribution >= 0.6 is 0 Å². The van der Waals surface area contributed by atoms with E-state index in [0.29, 0.717) is 12.6 Å². The van der Waals surface area contributed by atoms with Crippen molar-refractivity contribution in [1.82, 2.24) is 10.2 Å². The quantitative estimate of drug-likeness (QED) is 0.641. The highest BCUT2D eigenvalue weighted by atomic mass is 16.5. The third-order valence-electron chi connectivity index (χ3n) is 2.48. The molecule has 0 aliphatic rings. The predicted octanol–water partition coefficient (Wildman–Crippen LogP) is 0.868. The van der Waals surface area contributed by atoms with E-state index in [4.69, 9.17) is 4.74 Å². The minimum atomic E-state index is -0.220. The van der Waals surface area contributed by atoms with Gasteiger partial charge in [0.25, 0.3) is 0 Å². The van der Waals surface area contributed by atoms with Crippen LogP contribution in [0.4, 0.5) is 0 Å². The van der Waals surface area contributed by atoms with Crippen molar-refractivity contribution in [3.8, 4) is 0 Å². The second kappa shape index (κ2) is 7.65. The number of rotatable bonds is 7. The molecule has 0 saturated carbocycles. The molecule has 0 aliphatic heterocycles. The molecule has 0 saturated heterocycles. The van der Waals surface area contributed by atoms with Gasteiger partial charge in [0, 0.05) is 12.6 Å². The summed E-state index contributed by atoms with van der Waals surface area (Å²) in [5, 5.41) is 3.19. The van der Waals surface area contributed by atoms with Gasteiger partial charge in [-0.15, -0.1) is 0 Å². The van der Waals surface area contributed by atoms with Crippen LogP contribution in [-0.2, 0) is 9.53 Å². The Balaban J connectivity index is 4.17. The summed E-state index contributed by atoms with van der Waals surface area (Å²) >= 11 is 0. The largest absolute Gasteiger partial charge is 0.468 e. The molecular weight excluding hydrogens is 192 g/mol. The van der Waals surface area contributed by atoms with E-state index in [1.807, 2.05) is 7.05 Å². The molecule has 0 spiro atoms. The molecule has 0 radical (unpaired) electrons. The lowest BCUT2D eigenvalue weighted by Gasteiger charge is -2.26. The number of hydrogen-bond acceptors (Lipinski definition) is 4. The minimum absolute atomic E-state index is 0.184. The summed E-state index contributed by atoms with van der Waals surface area (Å²) < 4.78 is 4.76. The van der Waals surface area contributed by atoms with Crippen molar-refractivity contribution >= 4 is 5.97 Å². The van der Waals surface area contributed by atoms with Crippen molar-refractivity contribution in [2.45, 2.75) is 39.3 Å². The summed E-state index contributed by atoms with van der Waals surface area (Å²) in [4.78, 5) is 13.6. The summed E-state index contributed by atoms with van der Waals surface area (Å²) in [6, 6.07) is 0.211. The van der Waals surface area contributed by atoms with Gasteiger partial charge in [0.15, 0.2) is 0 Å². The maximum Gasteiger partial charge on any atom is 0.324 e. The van der Waals surface area contributed by atoms with Gasteiger partial charge in [-0.25, -0.2) is 0 Å². The number of esters is 1. The predicted molar refractivity (Wildman–Crippen MR) is 61.9 cm³/mol. The first-order valence-electron chi connectivity index (χ1n) is 5.54. The van der Waals surface area contributed by atoms with Crippen molar-refractivity contribution in [2.75, 3.05) is 27.2 Å². The third kappa shape index (κ3) is 5.74. The average molecular weight is 216 g/mol. The second-order valence-electron chi connectivity index (χ2n) is 4.06. The van der Waals surface area contributed by atoms with E-state index in [1.165, 1.54) is 7.11 Å². The molecule has 0 fully saturated rings. The first-order valence-corrected chi connectivity index (χ1v) is 5.54. The highest BCUT2D eigenvalue weighted by molar-refractivity contribution is 5.75. The highest BCUT2D eigenvalue weighted by Gasteiger charge is 2.20. The van der Waals surface area contributed by atoms with Crippen molar-refractivity contribution < 1.29 is 9.53 Å². The van der Waals surface area contributed by atoms with Crippen LogP contribution in [0.3, 0.4) is 0 Å². The van der Waals surface area contributed by atoms with Crippen LogP contribution < -0.4 is 5.32 Å². The maximum atomic E-state index is 11.5. The van der Waals surface area contributed by atoms with Gasteiger partial charge in [-0.1, -0.05) is 6.92 Å². The Labute approximate surface area is 93.0 Å². The lowest BCUT2D eigenvalue weighted by atomic mass is 10.2. The van der Waals surface area contributed by atoms with E-state index in [0.717, 1.165) is 13.0 Å². The maximum absolute atomic E-state index is 11.5. The van der Waals surface area contributed by atoms with Crippen molar-refractivity contribution in [3.63, 3.8) is 0 Å². The van der Waals surface area contributed by atoms with Gasteiger partial charge in [0.1, 0.15) is 6.04 Å². The molecule has 0 aromatic rings. The van der Waals surface area contributed by atoms with Crippen LogP contribution in [0.5, 0.6) is 0 Å². The molecule has 90 valence electrons. The zero-order valence-electron chi connectivity index (χ0n) is 10.5. The minimum Gasteiger partial charge on any atom is -0.468 e. The molecule has 1 N–H and O–H groups in total. The number of carbonyl (C=O) groups excluding carboxylic acids is 1. The Morgan fingerprint density at radius 2 is 2.07 bits per heavy atom. The Morgan fingerprint density at radius 1 is 1.47 bits per heavy atom. The fourth-order valence-corrected chi connectivity index (χ4v) is 1.18. The van der Waals surface area contributed by atoms with Crippen LogP contribution in [0.15, 0.2) is 0 Å². The molecule has 0 aliphatic carbocycles. The van der Waals surface area contributed by atoms with Gasteiger partial charge in [0.05, 0.1) is 7.11 Å². The van der Waals surface area contributed by atoms with Gasteiger partial charge in [-0.2, -0.15) is 0 Å². The molecule has 0 rings (SSSR count). The Hall–Kier alpha value is -0.610. The molecule has 1 atom stereocenters. The first kappa shape index (κ1) is 14.4. The number of nitrogens with one attached hydrogen (secondary N) is 1. The zero-order chi connectivity index (χ0) is 11.8. The number of hydrogen-bond donors (Lipinski definition) is 1. The molecule has 15 heavy (non-hydrogen) atoms. The fourth-order valence-electron chi connectivity index (χ4n) is 1.18. The van der Waals surface area contributed by atoms with Crippen molar-refractivity contribution in [3.05, 3.63) is 0 Å². The molecule has 0 bridgehead atoms. The standard InChI is InChI=1S/C11H24N2O2/c1-6-7-12-10(11(14)15-5)8-13(4)9(2)3/h9-10,12H,6-8H2,1-5H3. The fraction of sp³-hybridized carbons (Fsp3) is 0.909. The number of nitrogens with zero attached hydrogens (tertiary/aromatic N) is 1. The van der Waals surface area contributed by atoms with Crippen molar-refractivity contribution in [1.29, 1.82) is 0 Å². The van der Waals surface area contributed by atoms with Crippen LogP contribution in [0.1, 0.15) is 27.2 Å². The Kier molecular flexibility index (Phi) is 7.34. The summed E-state index contributed by atoms with van der Waals surface area (Å²) in [7, 11) is 3.44. The molecule has 0 amide bonds. The van der Waals surface area contributed by atoms with Gasteiger partial charge in [0.2, 0.25) is 0 Å². The van der Waals surface area contributed by atoms with Crippen LogP contribution in [0.25, 0.3) is 0 Å². The van der Waals surface area contributed by atoms with E-state index in [1.54, 1.807) is 0 Å². The smallest absolute Gasteiger partial charge is 0.324 e. The molecule has 0 heterocycles. The average Bonchev–Trinajstić information content (AvgIpc) is 2.22. The Bertz CT molecular complexity index is 183. The summed E-state index contributed by atoms with van der Waals surface area (Å²) in [6.45, 7) is 7.81. The molecule has 0 aromatic carbocycles. The molecule has 1 unspecified atom stereocenters. The Morgan fingerprint density at radius 3 is 2.47 bits per heavy atom. The summed E-state index contributed by atoms with van der Waals surface area (Å²) in [5.41, 5.74) is 0. The van der Waals surface area contributed by atoms with Gasteiger partial charge in [-0.3, -0.25) is 4.79 Å². The number of likely N-dealkylation sites (N-methyl/N-ethyl adjacent to an activating group) is 1. The van der Waals surface area contributed by atoms with E-state index < -0.39 is 0 Å². The van der Waals surface area contributed by atoms with Crippen molar-refractivity contribution in [2.24, 2.45) is 0 Å². The van der Waals surface area contributed by atoms with Crippen LogP contribution in [0, 0.1) is 0 Å². The van der Waals surface area contributed by atoms with Gasteiger partial charge < -0.3 is 15.0 Å². The van der Waals surface area contributed by atoms with E-state index in [9.17, 15) is 4.79 Å². The summed E-state index contributed by atoms with van der Waals surface area (Å²) in [6.07, 6.45) is 1.01. The van der Waals surface area contributed by atoms with Crippen LogP contribution in [0.2, 0.25) is 0 Å². The van der Waals surface area contributed by atoms with E-state index in [2.05, 4.69) is 31.0 Å². The third-order valence-corrected chi connectivity index (χ3v) is 2.48. The highest BCUT2D eigenvalue weighted by Crippen LogP contribution is 1.98. The molecule has 4 heteroatoms. The lowest BCUT2D eigenvalue weighted by Crippen LogP contribution is -2.47. The monoisotopic (exact) mass is 216 g/mol. The second-order valence-corrected chi connectivity index (χ2v) is 4.06. The number of ether oxygens (including phenoxy) is 1. The molecule has 0 aromatic heterocycles.